The first-order valence-electron chi connectivity index (χ1n) is 7.22. The van der Waals surface area contributed by atoms with Gasteiger partial charge in [-0.15, -0.1) is 0 Å². The normalized spacial score (nSPS) is 18.0. The zero-order chi connectivity index (χ0) is 14.8. The number of pyridine rings is 1. The minimum Gasteiger partial charge on any atom is -0.366 e. The first-order valence-corrected chi connectivity index (χ1v) is 7.22. The summed E-state index contributed by atoms with van der Waals surface area (Å²) in [6.45, 7) is 4.92. The summed E-state index contributed by atoms with van der Waals surface area (Å²) in [5.41, 5.74) is 1.80. The third-order valence-corrected chi connectivity index (χ3v) is 4.05. The summed E-state index contributed by atoms with van der Waals surface area (Å²) < 4.78 is 0. The number of likely N-dealkylation sites (N-methyl/N-ethyl adjacent to an activating group) is 1. The van der Waals surface area contributed by atoms with Gasteiger partial charge in [0.05, 0.1) is 16.0 Å². The molecule has 0 spiro atoms. The quantitative estimate of drug-likeness (QED) is 0.690. The maximum atomic E-state index is 11.2. The Morgan fingerprint density at radius 3 is 3.00 bits per heavy atom. The highest BCUT2D eigenvalue weighted by Gasteiger charge is 2.25. The summed E-state index contributed by atoms with van der Waals surface area (Å²) in [5, 5.41) is 15.1. The van der Waals surface area contributed by atoms with Crippen LogP contribution in [0.5, 0.6) is 0 Å². The number of non-ortho nitro benzene ring substituents is 1. The lowest BCUT2D eigenvalue weighted by atomic mass is 10.1. The molecule has 1 unspecified atom stereocenters. The molecule has 1 N–H and O–H groups in total. The number of nitro benzene ring substituents is 1. The fourth-order valence-electron chi connectivity index (χ4n) is 3.06. The van der Waals surface area contributed by atoms with Crippen molar-refractivity contribution in [1.29, 1.82) is 0 Å². The molecule has 0 bridgehead atoms. The van der Waals surface area contributed by atoms with E-state index in [0.717, 1.165) is 31.7 Å². The van der Waals surface area contributed by atoms with E-state index in [1.165, 1.54) is 0 Å². The molecule has 0 amide bonds. The van der Waals surface area contributed by atoms with E-state index in [0.29, 0.717) is 16.9 Å². The van der Waals surface area contributed by atoms with Gasteiger partial charge in [0.2, 0.25) is 0 Å². The molecule has 6 heteroatoms. The number of hydrogen-bond acceptors (Lipinski definition) is 5. The highest BCUT2D eigenvalue weighted by Crippen LogP contribution is 2.33. The summed E-state index contributed by atoms with van der Waals surface area (Å²) >= 11 is 0. The maximum absolute atomic E-state index is 11.2. The smallest absolute Gasteiger partial charge is 0.278 e. The van der Waals surface area contributed by atoms with Gasteiger partial charge in [0, 0.05) is 31.4 Å². The van der Waals surface area contributed by atoms with Gasteiger partial charge in [0.25, 0.3) is 5.69 Å². The second-order valence-electron chi connectivity index (χ2n) is 5.19. The molecule has 1 aliphatic rings. The van der Waals surface area contributed by atoms with Gasteiger partial charge in [-0.2, -0.15) is 0 Å². The highest BCUT2D eigenvalue weighted by atomic mass is 16.6. The van der Waals surface area contributed by atoms with Crippen LogP contribution in [0.25, 0.3) is 10.9 Å². The van der Waals surface area contributed by atoms with Gasteiger partial charge >= 0.3 is 0 Å². The van der Waals surface area contributed by atoms with Crippen LogP contribution >= 0.6 is 0 Å². The summed E-state index contributed by atoms with van der Waals surface area (Å²) in [5.74, 6) is 0. The highest BCUT2D eigenvalue weighted by molar-refractivity contribution is 5.97. The Bertz CT molecular complexity index is 668. The molecular weight excluding hydrogens is 268 g/mol. The van der Waals surface area contributed by atoms with Gasteiger partial charge in [-0.05, 0) is 38.1 Å². The molecule has 1 aromatic heterocycles. The zero-order valence-corrected chi connectivity index (χ0v) is 12.0. The second kappa shape index (κ2) is 5.65. The number of rotatable bonds is 4. The van der Waals surface area contributed by atoms with E-state index in [9.17, 15) is 10.1 Å². The molecule has 1 atom stereocenters. The Morgan fingerprint density at radius 2 is 2.33 bits per heavy atom. The largest absolute Gasteiger partial charge is 0.366 e. The Kier molecular flexibility index (Phi) is 3.70. The molecule has 1 aliphatic heterocycles. The van der Waals surface area contributed by atoms with Crippen LogP contribution in [-0.2, 0) is 0 Å². The van der Waals surface area contributed by atoms with Crippen LogP contribution in [0.1, 0.15) is 13.3 Å². The summed E-state index contributed by atoms with van der Waals surface area (Å²) in [7, 11) is 0. The van der Waals surface area contributed by atoms with Crippen molar-refractivity contribution in [2.45, 2.75) is 19.4 Å². The molecule has 1 saturated heterocycles. The van der Waals surface area contributed by atoms with Crippen molar-refractivity contribution < 1.29 is 4.92 Å². The predicted molar refractivity (Wildman–Crippen MR) is 82.7 cm³/mol. The molecule has 1 fully saturated rings. The Hall–Kier alpha value is -2.21. The number of fused-ring (bicyclic) bond motifs is 1. The minimum atomic E-state index is -0.346. The van der Waals surface area contributed by atoms with Gasteiger partial charge in [-0.1, -0.05) is 0 Å². The van der Waals surface area contributed by atoms with Crippen LogP contribution in [0.15, 0.2) is 30.5 Å². The van der Waals surface area contributed by atoms with E-state index in [2.05, 4.69) is 22.1 Å². The number of nitrogens with one attached hydrogen (secondary N) is 1. The predicted octanol–water partition coefficient (Wildman–Crippen LogP) is 2.33. The molecule has 0 aliphatic carbocycles. The van der Waals surface area contributed by atoms with Gasteiger partial charge in [0.1, 0.15) is 5.52 Å². The molecule has 2 aromatic rings. The number of benzene rings is 1. The van der Waals surface area contributed by atoms with E-state index in [1.54, 1.807) is 24.4 Å². The van der Waals surface area contributed by atoms with Crippen molar-refractivity contribution in [3.8, 4) is 0 Å². The van der Waals surface area contributed by atoms with Crippen LogP contribution in [0.4, 0.5) is 11.4 Å². The van der Waals surface area contributed by atoms with Crippen LogP contribution in [0.3, 0.4) is 0 Å². The molecule has 1 aromatic carbocycles. The molecule has 6 nitrogen and oxygen atoms in total. The fourth-order valence-corrected chi connectivity index (χ4v) is 3.06. The monoisotopic (exact) mass is 286 g/mol. The van der Waals surface area contributed by atoms with Crippen molar-refractivity contribution in [2.24, 2.45) is 0 Å². The SMILES string of the molecule is CCN(c1ccc([N+](=O)[O-])c2cccnc12)C1CCNC1. The van der Waals surface area contributed by atoms with Crippen molar-refractivity contribution >= 4 is 22.3 Å². The van der Waals surface area contributed by atoms with E-state index < -0.39 is 0 Å². The topological polar surface area (TPSA) is 71.3 Å². The first-order chi connectivity index (χ1) is 10.2. The third-order valence-electron chi connectivity index (χ3n) is 4.05. The Morgan fingerprint density at radius 1 is 1.48 bits per heavy atom. The number of nitro groups is 1. The van der Waals surface area contributed by atoms with E-state index >= 15 is 0 Å². The van der Waals surface area contributed by atoms with Gasteiger partial charge < -0.3 is 10.2 Å². The molecule has 21 heavy (non-hydrogen) atoms. The maximum Gasteiger partial charge on any atom is 0.278 e. The summed E-state index contributed by atoms with van der Waals surface area (Å²) in [6, 6.07) is 7.35. The fraction of sp³-hybridized carbons (Fsp3) is 0.400. The van der Waals surface area contributed by atoms with Gasteiger partial charge in [0.15, 0.2) is 0 Å². The number of aromatic nitrogens is 1. The molecule has 2 heterocycles. The van der Waals surface area contributed by atoms with Crippen LogP contribution in [-0.4, -0.2) is 35.6 Å². The Labute approximate surface area is 122 Å². The summed E-state index contributed by atoms with van der Waals surface area (Å²) in [6.07, 6.45) is 2.77. The third kappa shape index (κ3) is 2.42. The van der Waals surface area contributed by atoms with E-state index in [4.69, 9.17) is 0 Å². The van der Waals surface area contributed by atoms with Crippen molar-refractivity contribution in [3.63, 3.8) is 0 Å². The zero-order valence-electron chi connectivity index (χ0n) is 12.0. The molecule has 0 saturated carbocycles. The van der Waals surface area contributed by atoms with Gasteiger partial charge in [-0.3, -0.25) is 15.1 Å². The van der Waals surface area contributed by atoms with Crippen molar-refractivity contribution in [2.75, 3.05) is 24.5 Å². The van der Waals surface area contributed by atoms with Crippen LogP contribution in [0, 0.1) is 10.1 Å². The van der Waals surface area contributed by atoms with Crippen LogP contribution in [0.2, 0.25) is 0 Å². The lowest BCUT2D eigenvalue weighted by molar-refractivity contribution is -0.383. The number of nitrogens with zero attached hydrogens (tertiary/aromatic N) is 3. The van der Waals surface area contributed by atoms with Crippen LogP contribution < -0.4 is 10.2 Å². The van der Waals surface area contributed by atoms with E-state index in [1.807, 2.05) is 6.07 Å². The Balaban J connectivity index is 2.14. The lowest BCUT2D eigenvalue weighted by Gasteiger charge is -2.30. The lowest BCUT2D eigenvalue weighted by Crippen LogP contribution is -2.36. The number of hydrogen-bond donors (Lipinski definition) is 1. The summed E-state index contributed by atoms with van der Waals surface area (Å²) in [4.78, 5) is 17.5. The molecule has 3 rings (SSSR count). The van der Waals surface area contributed by atoms with E-state index in [-0.39, 0.29) is 10.6 Å². The number of anilines is 1. The van der Waals surface area contributed by atoms with Gasteiger partial charge in [-0.25, -0.2) is 0 Å². The molecular formula is C15H18N4O2. The first kappa shape index (κ1) is 13.8. The second-order valence-corrected chi connectivity index (χ2v) is 5.19. The average Bonchev–Trinajstić information content (AvgIpc) is 3.02. The molecule has 110 valence electrons. The van der Waals surface area contributed by atoms with Crippen molar-refractivity contribution in [3.05, 3.63) is 40.6 Å². The molecule has 0 radical (unpaired) electrons. The average molecular weight is 286 g/mol. The van der Waals surface area contributed by atoms with Crippen molar-refractivity contribution in [1.82, 2.24) is 10.3 Å². The minimum absolute atomic E-state index is 0.113. The standard InChI is InChI=1S/C15H18N4O2/c1-2-18(11-7-9-16-10-11)14-6-5-13(19(20)21)12-4-3-8-17-15(12)14/h3-6,8,11,16H,2,7,9-10H2,1H3.